The molecule has 1 atom stereocenters. The van der Waals surface area contributed by atoms with Gasteiger partial charge in [0.1, 0.15) is 5.82 Å². The number of hydrogen-bond acceptors (Lipinski definition) is 3. The van der Waals surface area contributed by atoms with Crippen LogP contribution in [0.5, 0.6) is 0 Å². The fraction of sp³-hybridized carbons (Fsp3) is 0.391. The summed E-state index contributed by atoms with van der Waals surface area (Å²) in [6.45, 7) is 6.79. The fourth-order valence-electron chi connectivity index (χ4n) is 4.21. The largest absolute Gasteiger partial charge is 0.326 e. The SMILES string of the molecule is CC(C)n1c(CN2CCC[C@@H](C(=O)Nc3ccc(Cl)c(Cl)c3)C2)nc2ccccc21. The van der Waals surface area contributed by atoms with Crippen molar-refractivity contribution in [1.29, 1.82) is 0 Å². The van der Waals surface area contributed by atoms with Crippen LogP contribution in [0.2, 0.25) is 10.0 Å². The van der Waals surface area contributed by atoms with Gasteiger partial charge in [-0.3, -0.25) is 9.69 Å². The second-order valence-electron chi connectivity index (χ2n) is 8.17. The molecule has 0 saturated carbocycles. The van der Waals surface area contributed by atoms with Crippen LogP contribution in [0.3, 0.4) is 0 Å². The van der Waals surface area contributed by atoms with Crippen molar-refractivity contribution in [3.63, 3.8) is 0 Å². The Balaban J connectivity index is 1.46. The van der Waals surface area contributed by atoms with Gasteiger partial charge in [-0.15, -0.1) is 0 Å². The minimum Gasteiger partial charge on any atom is -0.326 e. The van der Waals surface area contributed by atoms with Gasteiger partial charge in [0.25, 0.3) is 0 Å². The normalized spacial score (nSPS) is 17.6. The molecule has 4 rings (SSSR count). The maximum Gasteiger partial charge on any atom is 0.228 e. The first-order valence-corrected chi connectivity index (χ1v) is 11.1. The van der Waals surface area contributed by atoms with Crippen LogP contribution in [0.15, 0.2) is 42.5 Å². The van der Waals surface area contributed by atoms with Gasteiger partial charge in [-0.1, -0.05) is 35.3 Å². The highest BCUT2D eigenvalue weighted by atomic mass is 35.5. The van der Waals surface area contributed by atoms with Gasteiger partial charge in [0.2, 0.25) is 5.91 Å². The molecule has 0 unspecified atom stereocenters. The molecule has 0 bridgehead atoms. The van der Waals surface area contributed by atoms with E-state index in [9.17, 15) is 4.79 Å². The fourth-order valence-corrected chi connectivity index (χ4v) is 4.51. The number of aromatic nitrogens is 2. The highest BCUT2D eigenvalue weighted by Crippen LogP contribution is 2.27. The molecule has 0 spiro atoms. The summed E-state index contributed by atoms with van der Waals surface area (Å²) in [5, 5.41) is 3.90. The van der Waals surface area contributed by atoms with Crippen molar-refractivity contribution in [1.82, 2.24) is 14.5 Å². The summed E-state index contributed by atoms with van der Waals surface area (Å²) in [7, 11) is 0. The van der Waals surface area contributed by atoms with Crippen LogP contribution in [0.1, 0.15) is 38.6 Å². The summed E-state index contributed by atoms with van der Waals surface area (Å²) >= 11 is 12.0. The molecule has 7 heteroatoms. The third-order valence-corrected chi connectivity index (χ3v) is 6.35. The summed E-state index contributed by atoms with van der Waals surface area (Å²) in [5.74, 6) is 1.01. The van der Waals surface area contributed by atoms with Crippen molar-refractivity contribution in [3.05, 3.63) is 58.3 Å². The van der Waals surface area contributed by atoms with E-state index in [1.807, 2.05) is 6.07 Å². The lowest BCUT2D eigenvalue weighted by Gasteiger charge is -2.32. The molecule has 5 nitrogen and oxygen atoms in total. The van der Waals surface area contributed by atoms with Crippen molar-refractivity contribution in [2.45, 2.75) is 39.3 Å². The van der Waals surface area contributed by atoms with Crippen molar-refractivity contribution >= 4 is 45.8 Å². The van der Waals surface area contributed by atoms with E-state index in [4.69, 9.17) is 28.2 Å². The minimum absolute atomic E-state index is 0.0236. The Hall–Kier alpha value is -2.08. The Kier molecular flexibility index (Phi) is 6.32. The van der Waals surface area contributed by atoms with E-state index >= 15 is 0 Å². The summed E-state index contributed by atoms with van der Waals surface area (Å²) in [5.41, 5.74) is 2.86. The standard InChI is InChI=1S/C23H26Cl2N4O/c1-15(2)29-21-8-4-3-7-20(21)27-22(29)14-28-11-5-6-16(13-28)23(30)26-17-9-10-18(24)19(25)12-17/h3-4,7-10,12,15-16H,5-6,11,13-14H2,1-2H3,(H,26,30)/t16-/m1/s1. The molecule has 0 radical (unpaired) electrons. The number of piperidine rings is 1. The second-order valence-corrected chi connectivity index (χ2v) is 8.99. The lowest BCUT2D eigenvalue weighted by Crippen LogP contribution is -2.40. The molecular weight excluding hydrogens is 419 g/mol. The van der Waals surface area contributed by atoms with E-state index in [1.165, 1.54) is 0 Å². The number of rotatable bonds is 5. The summed E-state index contributed by atoms with van der Waals surface area (Å²) in [6, 6.07) is 13.7. The van der Waals surface area contributed by atoms with E-state index in [-0.39, 0.29) is 11.8 Å². The van der Waals surface area contributed by atoms with Crippen molar-refractivity contribution in [3.8, 4) is 0 Å². The van der Waals surface area contributed by atoms with E-state index in [2.05, 4.69) is 46.8 Å². The Bertz CT molecular complexity index is 1060. The highest BCUT2D eigenvalue weighted by Gasteiger charge is 2.27. The molecule has 3 aromatic rings. The van der Waals surface area contributed by atoms with Gasteiger partial charge < -0.3 is 9.88 Å². The number of para-hydroxylation sites is 2. The minimum atomic E-state index is -0.0647. The highest BCUT2D eigenvalue weighted by molar-refractivity contribution is 6.42. The zero-order valence-corrected chi connectivity index (χ0v) is 18.7. The van der Waals surface area contributed by atoms with Crippen molar-refractivity contribution in [2.24, 2.45) is 5.92 Å². The number of imidazole rings is 1. The van der Waals surface area contributed by atoms with Gasteiger partial charge in [0, 0.05) is 18.3 Å². The third kappa shape index (κ3) is 4.48. The molecule has 1 saturated heterocycles. The molecule has 2 heterocycles. The van der Waals surface area contributed by atoms with Gasteiger partial charge in [0.15, 0.2) is 0 Å². The first-order valence-electron chi connectivity index (χ1n) is 10.4. The van der Waals surface area contributed by atoms with Crippen molar-refractivity contribution < 1.29 is 4.79 Å². The van der Waals surface area contributed by atoms with Crippen LogP contribution in [0.25, 0.3) is 11.0 Å². The summed E-state index contributed by atoms with van der Waals surface area (Å²) in [4.78, 5) is 20.1. The molecule has 2 aromatic carbocycles. The second kappa shape index (κ2) is 8.96. The molecule has 1 aliphatic heterocycles. The van der Waals surface area contributed by atoms with Gasteiger partial charge in [-0.05, 0) is 63.6 Å². The molecule has 1 amide bonds. The zero-order chi connectivity index (χ0) is 21.3. The first kappa shape index (κ1) is 21.2. The Morgan fingerprint density at radius 1 is 1.20 bits per heavy atom. The van der Waals surface area contributed by atoms with Gasteiger partial charge in [0.05, 0.1) is 33.5 Å². The van der Waals surface area contributed by atoms with Crippen LogP contribution < -0.4 is 5.32 Å². The van der Waals surface area contributed by atoms with Gasteiger partial charge in [-0.25, -0.2) is 4.98 Å². The Morgan fingerprint density at radius 2 is 2.00 bits per heavy atom. The molecule has 30 heavy (non-hydrogen) atoms. The van der Waals surface area contributed by atoms with E-state index in [1.54, 1.807) is 18.2 Å². The smallest absolute Gasteiger partial charge is 0.228 e. The molecule has 1 fully saturated rings. The lowest BCUT2D eigenvalue weighted by atomic mass is 9.97. The Morgan fingerprint density at radius 3 is 2.77 bits per heavy atom. The number of benzene rings is 2. The molecule has 0 aliphatic carbocycles. The maximum atomic E-state index is 12.8. The Labute approximate surface area is 187 Å². The molecule has 1 aromatic heterocycles. The summed E-state index contributed by atoms with van der Waals surface area (Å²) in [6.07, 6.45) is 1.87. The topological polar surface area (TPSA) is 50.2 Å². The van der Waals surface area contributed by atoms with Crippen LogP contribution in [-0.4, -0.2) is 33.4 Å². The van der Waals surface area contributed by atoms with Crippen LogP contribution in [-0.2, 0) is 11.3 Å². The lowest BCUT2D eigenvalue weighted by molar-refractivity contribution is -0.121. The average Bonchev–Trinajstić information content (AvgIpc) is 3.09. The molecule has 158 valence electrons. The van der Waals surface area contributed by atoms with Crippen LogP contribution >= 0.6 is 23.2 Å². The van der Waals surface area contributed by atoms with E-state index in [0.717, 1.165) is 42.8 Å². The molecule has 1 aliphatic rings. The maximum absolute atomic E-state index is 12.8. The predicted molar refractivity (Wildman–Crippen MR) is 123 cm³/mol. The van der Waals surface area contributed by atoms with Crippen LogP contribution in [0.4, 0.5) is 5.69 Å². The van der Waals surface area contributed by atoms with Crippen molar-refractivity contribution in [2.75, 3.05) is 18.4 Å². The number of nitrogens with one attached hydrogen (secondary N) is 1. The van der Waals surface area contributed by atoms with E-state index in [0.29, 0.717) is 28.3 Å². The summed E-state index contributed by atoms with van der Waals surface area (Å²) < 4.78 is 2.30. The van der Waals surface area contributed by atoms with E-state index < -0.39 is 0 Å². The predicted octanol–water partition coefficient (Wildman–Crippen LogP) is 5.77. The first-order chi connectivity index (χ1) is 14.4. The number of likely N-dealkylation sites (tertiary alicyclic amines) is 1. The number of carbonyl (C=O) groups excluding carboxylic acids is 1. The number of carbonyl (C=O) groups is 1. The van der Waals surface area contributed by atoms with Gasteiger partial charge in [-0.2, -0.15) is 0 Å². The average molecular weight is 445 g/mol. The number of anilines is 1. The number of amides is 1. The monoisotopic (exact) mass is 444 g/mol. The van der Waals surface area contributed by atoms with Gasteiger partial charge >= 0.3 is 0 Å². The zero-order valence-electron chi connectivity index (χ0n) is 17.2. The number of hydrogen-bond donors (Lipinski definition) is 1. The molecule has 1 N–H and O–H groups in total. The quantitative estimate of drug-likeness (QED) is 0.542. The van der Waals surface area contributed by atoms with Crippen LogP contribution in [0, 0.1) is 5.92 Å². The third-order valence-electron chi connectivity index (χ3n) is 5.61. The molecular formula is C23H26Cl2N4O. The number of nitrogens with zero attached hydrogens (tertiary/aromatic N) is 3. The number of halogens is 2. The number of fused-ring (bicyclic) bond motifs is 1.